The third kappa shape index (κ3) is 3.61. The summed E-state index contributed by atoms with van der Waals surface area (Å²) < 4.78 is 20.2. The van der Waals surface area contributed by atoms with E-state index in [1.807, 2.05) is 0 Å². The molecule has 2 aromatic rings. The molecule has 0 saturated carbocycles. The number of ether oxygens (including phenoxy) is 1. The highest BCUT2D eigenvalue weighted by atomic mass is 79.9. The Labute approximate surface area is 144 Å². The predicted octanol–water partition coefficient (Wildman–Crippen LogP) is 5.95. The van der Waals surface area contributed by atoms with Gasteiger partial charge in [-0.15, -0.1) is 0 Å². The maximum Gasteiger partial charge on any atom is 0.271 e. The number of alkyl halides is 1. The monoisotopic (exact) mass is 481 g/mol. The van der Waals surface area contributed by atoms with Crippen molar-refractivity contribution in [1.29, 1.82) is 0 Å². The molecule has 2 rings (SSSR count). The van der Waals surface area contributed by atoms with Crippen molar-refractivity contribution in [2.24, 2.45) is 0 Å². The lowest BCUT2D eigenvalue weighted by Gasteiger charge is -2.13. The highest BCUT2D eigenvalue weighted by Crippen LogP contribution is 2.41. The van der Waals surface area contributed by atoms with Crippen molar-refractivity contribution < 1.29 is 14.1 Å². The van der Waals surface area contributed by atoms with Gasteiger partial charge in [-0.05, 0) is 37.9 Å². The van der Waals surface area contributed by atoms with E-state index in [2.05, 4.69) is 47.8 Å². The lowest BCUT2D eigenvalue weighted by atomic mass is 10.2. The van der Waals surface area contributed by atoms with E-state index in [0.29, 0.717) is 19.8 Å². The molecule has 4 nitrogen and oxygen atoms in total. The highest BCUT2D eigenvalue weighted by Gasteiger charge is 2.18. The first kappa shape index (κ1) is 16.4. The summed E-state index contributed by atoms with van der Waals surface area (Å²) in [4.78, 5) is 10.3. The van der Waals surface area contributed by atoms with Crippen LogP contribution < -0.4 is 4.74 Å². The zero-order valence-electron chi connectivity index (χ0n) is 10.3. The molecule has 0 atom stereocenters. The van der Waals surface area contributed by atoms with Gasteiger partial charge in [0, 0.05) is 23.0 Å². The molecule has 0 N–H and O–H groups in total. The van der Waals surface area contributed by atoms with Crippen LogP contribution >= 0.6 is 47.8 Å². The number of nitrogens with zero attached hydrogens (tertiary/aromatic N) is 1. The second kappa shape index (κ2) is 6.85. The molecule has 0 fully saturated rings. The topological polar surface area (TPSA) is 52.4 Å². The van der Waals surface area contributed by atoms with Crippen LogP contribution in [0.25, 0.3) is 0 Å². The van der Waals surface area contributed by atoms with Gasteiger partial charge in [-0.1, -0.05) is 28.1 Å². The van der Waals surface area contributed by atoms with Crippen molar-refractivity contribution in [2.45, 2.75) is 5.33 Å². The summed E-state index contributed by atoms with van der Waals surface area (Å²) in [5, 5.41) is 11.2. The van der Waals surface area contributed by atoms with Crippen molar-refractivity contribution in [2.75, 3.05) is 0 Å². The van der Waals surface area contributed by atoms with E-state index in [-0.39, 0.29) is 17.2 Å². The van der Waals surface area contributed by atoms with Crippen LogP contribution in [-0.4, -0.2) is 4.92 Å². The van der Waals surface area contributed by atoms with Gasteiger partial charge < -0.3 is 4.74 Å². The Morgan fingerprint density at radius 1 is 1.19 bits per heavy atom. The highest BCUT2D eigenvalue weighted by molar-refractivity contribution is 9.11. The van der Waals surface area contributed by atoms with E-state index in [0.717, 1.165) is 0 Å². The van der Waals surface area contributed by atoms with Gasteiger partial charge in [0.15, 0.2) is 17.3 Å². The van der Waals surface area contributed by atoms with Crippen LogP contribution in [0.4, 0.5) is 10.1 Å². The molecule has 0 aliphatic carbocycles. The minimum atomic E-state index is -0.522. The summed E-state index contributed by atoms with van der Waals surface area (Å²) in [6.07, 6.45) is 0. The molecular weight excluding hydrogens is 477 g/mol. The number of halogens is 4. The van der Waals surface area contributed by atoms with E-state index < -0.39 is 10.7 Å². The molecule has 0 saturated heterocycles. The summed E-state index contributed by atoms with van der Waals surface area (Å²) >= 11 is 9.67. The summed E-state index contributed by atoms with van der Waals surface area (Å²) in [6.45, 7) is 0. The van der Waals surface area contributed by atoms with Crippen LogP contribution in [0.5, 0.6) is 11.5 Å². The predicted molar refractivity (Wildman–Crippen MR) is 87.6 cm³/mol. The van der Waals surface area contributed by atoms with Gasteiger partial charge in [-0.25, -0.2) is 4.39 Å². The van der Waals surface area contributed by atoms with Gasteiger partial charge >= 0.3 is 0 Å². The molecule has 2 aromatic carbocycles. The van der Waals surface area contributed by atoms with Crippen LogP contribution in [0.2, 0.25) is 0 Å². The number of hydrogen-bond donors (Lipinski definition) is 0. The fourth-order valence-corrected chi connectivity index (χ4v) is 3.39. The van der Waals surface area contributed by atoms with Gasteiger partial charge in [-0.3, -0.25) is 10.1 Å². The van der Waals surface area contributed by atoms with Gasteiger partial charge in [-0.2, -0.15) is 0 Å². The molecule has 0 aliphatic heterocycles. The zero-order valence-corrected chi connectivity index (χ0v) is 15.0. The Hall–Kier alpha value is -0.990. The molecule has 0 aromatic heterocycles. The van der Waals surface area contributed by atoms with Gasteiger partial charge in [0.1, 0.15) is 0 Å². The average molecular weight is 484 g/mol. The van der Waals surface area contributed by atoms with E-state index >= 15 is 0 Å². The number of nitro groups is 1. The van der Waals surface area contributed by atoms with E-state index in [9.17, 15) is 14.5 Å². The molecule has 8 heteroatoms. The molecule has 110 valence electrons. The van der Waals surface area contributed by atoms with Crippen LogP contribution in [0, 0.1) is 15.9 Å². The minimum absolute atomic E-state index is 0.0737. The van der Waals surface area contributed by atoms with Crippen LogP contribution in [0.1, 0.15) is 5.56 Å². The number of rotatable bonds is 4. The Bertz CT molecular complexity index is 686. The molecule has 0 radical (unpaired) electrons. The van der Waals surface area contributed by atoms with Crippen LogP contribution in [0.15, 0.2) is 39.3 Å². The Kier molecular flexibility index (Phi) is 5.34. The number of nitro benzene ring substituents is 1. The molecule has 0 amide bonds. The van der Waals surface area contributed by atoms with E-state index in [1.165, 1.54) is 18.2 Å². The molecular formula is C13H7Br3FNO3. The third-order valence-electron chi connectivity index (χ3n) is 2.59. The first-order valence-corrected chi connectivity index (χ1v) is 8.29. The van der Waals surface area contributed by atoms with Crippen molar-refractivity contribution in [3.05, 3.63) is 60.8 Å². The van der Waals surface area contributed by atoms with Crippen molar-refractivity contribution >= 4 is 53.5 Å². The van der Waals surface area contributed by atoms with E-state index in [4.69, 9.17) is 4.74 Å². The quantitative estimate of drug-likeness (QED) is 0.307. The van der Waals surface area contributed by atoms with Crippen molar-refractivity contribution in [3.8, 4) is 11.5 Å². The van der Waals surface area contributed by atoms with Crippen LogP contribution in [0.3, 0.4) is 0 Å². The first-order valence-electron chi connectivity index (χ1n) is 5.58. The molecule has 0 aliphatic rings. The normalized spacial score (nSPS) is 10.5. The lowest BCUT2D eigenvalue weighted by molar-refractivity contribution is -0.385. The number of non-ortho nitro benzene ring substituents is 1. The Balaban J connectivity index is 2.48. The molecule has 0 bridgehead atoms. The summed E-state index contributed by atoms with van der Waals surface area (Å²) in [5.41, 5.74) is 0.530. The van der Waals surface area contributed by atoms with Crippen molar-refractivity contribution in [3.63, 3.8) is 0 Å². The fourth-order valence-electron chi connectivity index (χ4n) is 1.62. The molecule has 0 heterocycles. The molecule has 0 unspecified atom stereocenters. The lowest BCUT2D eigenvalue weighted by Crippen LogP contribution is -1.96. The van der Waals surface area contributed by atoms with E-state index in [1.54, 1.807) is 12.1 Å². The molecule has 21 heavy (non-hydrogen) atoms. The van der Waals surface area contributed by atoms with Gasteiger partial charge in [0.2, 0.25) is 0 Å². The maximum absolute atomic E-state index is 13.9. The zero-order chi connectivity index (χ0) is 15.6. The smallest absolute Gasteiger partial charge is 0.271 e. The molecule has 0 spiro atoms. The first-order chi connectivity index (χ1) is 9.93. The standard InChI is InChI=1S/C13H7Br3FNO3/c14-6-7-2-1-3-11(17)12(7)21-13-9(15)4-8(18(19)20)5-10(13)16/h1-5H,6H2. The van der Waals surface area contributed by atoms with Crippen molar-refractivity contribution in [1.82, 2.24) is 0 Å². The van der Waals surface area contributed by atoms with Gasteiger partial charge in [0.25, 0.3) is 5.69 Å². The summed E-state index contributed by atoms with van der Waals surface area (Å²) in [7, 11) is 0. The summed E-state index contributed by atoms with van der Waals surface area (Å²) in [5.74, 6) is -0.165. The second-order valence-electron chi connectivity index (χ2n) is 3.96. The second-order valence-corrected chi connectivity index (χ2v) is 6.23. The number of hydrogen-bond acceptors (Lipinski definition) is 3. The third-order valence-corrected chi connectivity index (χ3v) is 4.37. The maximum atomic E-state index is 13.9. The van der Waals surface area contributed by atoms with Gasteiger partial charge in [0.05, 0.1) is 13.9 Å². The Morgan fingerprint density at radius 3 is 2.33 bits per heavy atom. The average Bonchev–Trinajstić information content (AvgIpc) is 2.43. The Morgan fingerprint density at radius 2 is 1.81 bits per heavy atom. The number of para-hydroxylation sites is 1. The SMILES string of the molecule is O=[N+]([O-])c1cc(Br)c(Oc2c(F)cccc2CBr)c(Br)c1. The minimum Gasteiger partial charge on any atom is -0.452 e. The number of benzene rings is 2. The summed E-state index contributed by atoms with van der Waals surface area (Å²) in [6, 6.07) is 7.19. The largest absolute Gasteiger partial charge is 0.452 e. The van der Waals surface area contributed by atoms with Crippen LogP contribution in [-0.2, 0) is 5.33 Å². The fraction of sp³-hybridized carbons (Fsp3) is 0.0769.